The Balaban J connectivity index is 1.86. The van der Waals surface area contributed by atoms with E-state index in [4.69, 9.17) is 5.11 Å². The number of hydrogen-bond acceptors (Lipinski definition) is 6. The molecule has 0 aliphatic rings. The summed E-state index contributed by atoms with van der Waals surface area (Å²) < 4.78 is 0. The van der Waals surface area contributed by atoms with E-state index in [1.165, 1.54) is 6.08 Å². The third kappa shape index (κ3) is 5.38. The molecule has 6 nitrogen and oxygen atoms in total. The summed E-state index contributed by atoms with van der Waals surface area (Å²) in [5.74, 6) is -0.579. The van der Waals surface area contributed by atoms with E-state index < -0.39 is 36.8 Å². The Bertz CT molecular complexity index is 1000. The molecule has 0 heterocycles. The van der Waals surface area contributed by atoms with E-state index in [2.05, 4.69) is 0 Å². The molecule has 4 atom stereocenters. The van der Waals surface area contributed by atoms with Crippen LogP contribution in [0.15, 0.2) is 84.6 Å². The summed E-state index contributed by atoms with van der Waals surface area (Å²) in [7, 11) is 0. The van der Waals surface area contributed by atoms with Crippen molar-refractivity contribution < 1.29 is 30.6 Å². The molecule has 0 aromatic heterocycles. The van der Waals surface area contributed by atoms with Crippen molar-refractivity contribution in [3.8, 4) is 22.3 Å². The zero-order valence-corrected chi connectivity index (χ0v) is 16.8. The summed E-state index contributed by atoms with van der Waals surface area (Å²) in [4.78, 5) is 0. The van der Waals surface area contributed by atoms with Gasteiger partial charge in [0, 0.05) is 0 Å². The Morgan fingerprint density at radius 2 is 1.23 bits per heavy atom. The molecule has 6 heteroatoms. The lowest BCUT2D eigenvalue weighted by Crippen LogP contribution is -2.46. The minimum atomic E-state index is -1.88. The van der Waals surface area contributed by atoms with Crippen LogP contribution >= 0.6 is 0 Å². The van der Waals surface area contributed by atoms with Crippen molar-refractivity contribution in [2.45, 2.75) is 24.4 Å². The molecule has 0 aliphatic heterocycles. The fraction of sp³-hybridized carbons (Fsp3) is 0.200. The highest BCUT2D eigenvalue weighted by atomic mass is 16.4. The van der Waals surface area contributed by atoms with Crippen LogP contribution in [-0.4, -0.2) is 61.7 Å². The zero-order valence-electron chi connectivity index (χ0n) is 16.8. The molecule has 3 aromatic rings. The van der Waals surface area contributed by atoms with Gasteiger partial charge in [0.05, 0.1) is 6.61 Å². The number of aliphatic hydroxyl groups excluding tert-OH is 6. The van der Waals surface area contributed by atoms with Crippen molar-refractivity contribution in [3.05, 3.63) is 90.2 Å². The van der Waals surface area contributed by atoms with Gasteiger partial charge in [-0.05, 0) is 33.9 Å². The van der Waals surface area contributed by atoms with E-state index in [9.17, 15) is 25.5 Å². The number of rotatable bonds is 8. The lowest BCUT2D eigenvalue weighted by atomic mass is 9.95. The fourth-order valence-electron chi connectivity index (χ4n) is 3.30. The van der Waals surface area contributed by atoms with Crippen molar-refractivity contribution in [1.29, 1.82) is 0 Å². The van der Waals surface area contributed by atoms with Crippen LogP contribution in [0, 0.1) is 0 Å². The van der Waals surface area contributed by atoms with Crippen molar-refractivity contribution >= 4 is 6.08 Å². The van der Waals surface area contributed by atoms with Gasteiger partial charge in [-0.2, -0.15) is 0 Å². The van der Waals surface area contributed by atoms with Crippen LogP contribution < -0.4 is 0 Å². The second-order valence-electron chi connectivity index (χ2n) is 7.28. The van der Waals surface area contributed by atoms with Gasteiger partial charge in [0.25, 0.3) is 0 Å². The lowest BCUT2D eigenvalue weighted by Gasteiger charge is -2.25. The molecule has 0 saturated heterocycles. The van der Waals surface area contributed by atoms with E-state index in [0.717, 1.165) is 22.3 Å². The molecule has 0 radical (unpaired) electrons. The van der Waals surface area contributed by atoms with Crippen molar-refractivity contribution in [2.24, 2.45) is 0 Å². The standard InChI is InChI=1S/C25H26O6/c26-15-22(28)24(30)25(31)23(29)21(27)14-19-8-4-5-9-20(19)18-12-10-17(11-13-18)16-6-2-1-3-7-16/h1-14,22-31H,15H2. The van der Waals surface area contributed by atoms with Gasteiger partial charge in [-0.3, -0.25) is 0 Å². The van der Waals surface area contributed by atoms with E-state index in [0.29, 0.717) is 5.56 Å². The first-order chi connectivity index (χ1) is 14.9. The molecule has 31 heavy (non-hydrogen) atoms. The van der Waals surface area contributed by atoms with E-state index in [-0.39, 0.29) is 0 Å². The highest BCUT2D eigenvalue weighted by Gasteiger charge is 2.32. The SMILES string of the molecule is OCC(O)C(O)C(O)C(O)C(O)=Cc1ccccc1-c1ccc(-c2ccccc2)cc1. The van der Waals surface area contributed by atoms with Crippen molar-refractivity contribution in [1.82, 2.24) is 0 Å². The molecule has 0 saturated carbocycles. The van der Waals surface area contributed by atoms with Crippen molar-refractivity contribution in [2.75, 3.05) is 6.61 Å². The number of benzene rings is 3. The molecule has 3 rings (SSSR count). The molecule has 0 bridgehead atoms. The van der Waals surface area contributed by atoms with Crippen LogP contribution in [0.3, 0.4) is 0 Å². The average molecular weight is 422 g/mol. The molecule has 3 aromatic carbocycles. The Morgan fingerprint density at radius 3 is 1.87 bits per heavy atom. The van der Waals surface area contributed by atoms with E-state index >= 15 is 0 Å². The van der Waals surface area contributed by atoms with Crippen LogP contribution in [0.4, 0.5) is 0 Å². The number of hydrogen-bond donors (Lipinski definition) is 6. The molecule has 0 amide bonds. The summed E-state index contributed by atoms with van der Waals surface area (Å²) >= 11 is 0. The van der Waals surface area contributed by atoms with Crippen LogP contribution in [0.1, 0.15) is 5.56 Å². The van der Waals surface area contributed by atoms with E-state index in [1.807, 2.05) is 66.7 Å². The average Bonchev–Trinajstić information content (AvgIpc) is 2.83. The van der Waals surface area contributed by atoms with Crippen molar-refractivity contribution in [3.63, 3.8) is 0 Å². The molecule has 0 spiro atoms. The maximum absolute atomic E-state index is 10.3. The van der Waals surface area contributed by atoms with Crippen LogP contribution in [-0.2, 0) is 0 Å². The third-order valence-corrected chi connectivity index (χ3v) is 5.12. The summed E-state index contributed by atoms with van der Waals surface area (Å²) in [5.41, 5.74) is 4.45. The largest absolute Gasteiger partial charge is 0.509 e. The molecule has 0 aliphatic carbocycles. The van der Waals surface area contributed by atoms with Gasteiger partial charge in [0.15, 0.2) is 0 Å². The maximum Gasteiger partial charge on any atom is 0.139 e. The first-order valence-electron chi connectivity index (χ1n) is 9.91. The van der Waals surface area contributed by atoms with Gasteiger partial charge in [-0.15, -0.1) is 0 Å². The predicted molar refractivity (Wildman–Crippen MR) is 119 cm³/mol. The molecular formula is C25H26O6. The first-order valence-corrected chi connectivity index (χ1v) is 9.91. The predicted octanol–water partition coefficient (Wildman–Crippen LogP) is 2.36. The zero-order chi connectivity index (χ0) is 22.4. The summed E-state index contributed by atoms with van der Waals surface area (Å²) in [6.45, 7) is -0.794. The summed E-state index contributed by atoms with van der Waals surface area (Å²) in [6, 6.07) is 25.1. The Morgan fingerprint density at radius 1 is 0.677 bits per heavy atom. The maximum atomic E-state index is 10.3. The topological polar surface area (TPSA) is 121 Å². The quantitative estimate of drug-likeness (QED) is 0.310. The smallest absolute Gasteiger partial charge is 0.139 e. The summed E-state index contributed by atoms with van der Waals surface area (Å²) in [5, 5.41) is 58.6. The minimum Gasteiger partial charge on any atom is -0.509 e. The third-order valence-electron chi connectivity index (χ3n) is 5.12. The molecule has 162 valence electrons. The molecule has 4 unspecified atom stereocenters. The van der Waals surface area contributed by atoms with Gasteiger partial charge in [-0.1, -0.05) is 78.9 Å². The monoisotopic (exact) mass is 422 g/mol. The number of aliphatic hydroxyl groups is 6. The van der Waals surface area contributed by atoms with Crippen LogP contribution in [0.5, 0.6) is 0 Å². The Labute approximate surface area is 180 Å². The lowest BCUT2D eigenvalue weighted by molar-refractivity contribution is -0.112. The second-order valence-corrected chi connectivity index (χ2v) is 7.28. The van der Waals surface area contributed by atoms with Crippen LogP contribution in [0.25, 0.3) is 28.3 Å². The first kappa shape index (κ1) is 22.7. The van der Waals surface area contributed by atoms with E-state index in [1.54, 1.807) is 12.1 Å². The van der Waals surface area contributed by atoms with Gasteiger partial charge in [0.2, 0.25) is 0 Å². The second kappa shape index (κ2) is 10.3. The Hall–Kier alpha value is -3.00. The normalized spacial score (nSPS) is 15.8. The highest BCUT2D eigenvalue weighted by molar-refractivity contribution is 5.77. The van der Waals surface area contributed by atoms with Gasteiger partial charge in [-0.25, -0.2) is 0 Å². The molecule has 6 N–H and O–H groups in total. The highest BCUT2D eigenvalue weighted by Crippen LogP contribution is 2.29. The molecular weight excluding hydrogens is 396 g/mol. The van der Waals surface area contributed by atoms with Gasteiger partial charge >= 0.3 is 0 Å². The molecule has 0 fully saturated rings. The minimum absolute atomic E-state index is 0.579. The van der Waals surface area contributed by atoms with Gasteiger partial charge in [0.1, 0.15) is 30.2 Å². The van der Waals surface area contributed by atoms with Gasteiger partial charge < -0.3 is 30.6 Å². The summed E-state index contributed by atoms with van der Waals surface area (Å²) in [6.07, 6.45) is -5.89. The fourth-order valence-corrected chi connectivity index (χ4v) is 3.30. The Kier molecular flexibility index (Phi) is 7.57. The van der Waals surface area contributed by atoms with Crippen LogP contribution in [0.2, 0.25) is 0 Å².